The number of aryl methyl sites for hydroxylation is 1. The summed E-state index contributed by atoms with van der Waals surface area (Å²) < 4.78 is 6.96. The molecule has 2 aromatic carbocycles. The SMILES string of the molecule is ClC(c1ccc2c(c1)CCCO2)c1cc2ccccc2s1. The molecule has 0 aliphatic carbocycles. The van der Waals surface area contributed by atoms with Crippen molar-refractivity contribution >= 4 is 33.0 Å². The van der Waals surface area contributed by atoms with E-state index in [1.165, 1.54) is 20.5 Å². The van der Waals surface area contributed by atoms with Crippen LogP contribution in [0.25, 0.3) is 10.1 Å². The Morgan fingerprint density at radius 2 is 2.00 bits per heavy atom. The van der Waals surface area contributed by atoms with Gasteiger partial charge in [0.15, 0.2) is 0 Å². The van der Waals surface area contributed by atoms with E-state index in [9.17, 15) is 0 Å². The van der Waals surface area contributed by atoms with E-state index >= 15 is 0 Å². The van der Waals surface area contributed by atoms with Gasteiger partial charge in [0.1, 0.15) is 5.75 Å². The Kier molecular flexibility index (Phi) is 3.36. The van der Waals surface area contributed by atoms with E-state index in [4.69, 9.17) is 16.3 Å². The van der Waals surface area contributed by atoms with Crippen LogP contribution in [0.1, 0.15) is 27.8 Å². The third-order valence-corrected chi connectivity index (χ3v) is 5.72. The van der Waals surface area contributed by atoms with Crippen LogP contribution in [0.5, 0.6) is 5.75 Å². The van der Waals surface area contributed by atoms with Crippen molar-refractivity contribution in [3.63, 3.8) is 0 Å². The molecule has 1 aliphatic heterocycles. The molecule has 21 heavy (non-hydrogen) atoms. The topological polar surface area (TPSA) is 9.23 Å². The third-order valence-electron chi connectivity index (χ3n) is 3.92. The van der Waals surface area contributed by atoms with Crippen molar-refractivity contribution in [3.8, 4) is 5.75 Å². The first-order valence-corrected chi connectivity index (χ1v) is 8.45. The molecular formula is C18H15ClOS. The van der Waals surface area contributed by atoms with Crippen LogP contribution in [0, 0.1) is 0 Å². The predicted octanol–water partition coefficient (Wildman–Crippen LogP) is 5.55. The second kappa shape index (κ2) is 5.36. The monoisotopic (exact) mass is 314 g/mol. The fourth-order valence-electron chi connectivity index (χ4n) is 2.83. The summed E-state index contributed by atoms with van der Waals surface area (Å²) in [7, 11) is 0. The van der Waals surface area contributed by atoms with Gasteiger partial charge in [-0.3, -0.25) is 0 Å². The van der Waals surface area contributed by atoms with Crippen molar-refractivity contribution in [3.05, 3.63) is 64.5 Å². The Bertz CT molecular complexity index is 760. The zero-order chi connectivity index (χ0) is 14.2. The van der Waals surface area contributed by atoms with Crippen molar-refractivity contribution in [1.82, 2.24) is 0 Å². The fourth-order valence-corrected chi connectivity index (χ4v) is 4.23. The fraction of sp³-hybridized carbons (Fsp3) is 0.222. The van der Waals surface area contributed by atoms with Gasteiger partial charge in [0.05, 0.1) is 12.0 Å². The van der Waals surface area contributed by atoms with Crippen molar-refractivity contribution < 1.29 is 4.74 Å². The summed E-state index contributed by atoms with van der Waals surface area (Å²) in [6, 6.07) is 17.0. The molecule has 1 unspecified atom stereocenters. The normalized spacial score (nSPS) is 15.5. The van der Waals surface area contributed by atoms with Crippen LogP contribution in [-0.4, -0.2) is 6.61 Å². The summed E-state index contributed by atoms with van der Waals surface area (Å²) in [5.41, 5.74) is 2.44. The molecule has 0 amide bonds. The minimum Gasteiger partial charge on any atom is -0.493 e. The molecule has 3 heteroatoms. The van der Waals surface area contributed by atoms with Gasteiger partial charge in [-0.1, -0.05) is 30.3 Å². The van der Waals surface area contributed by atoms with Crippen LogP contribution in [-0.2, 0) is 6.42 Å². The molecule has 1 aliphatic rings. The molecule has 0 saturated carbocycles. The van der Waals surface area contributed by atoms with Crippen LogP contribution < -0.4 is 4.74 Å². The van der Waals surface area contributed by atoms with E-state index in [1.807, 2.05) is 0 Å². The van der Waals surface area contributed by atoms with Crippen molar-refractivity contribution in [1.29, 1.82) is 0 Å². The van der Waals surface area contributed by atoms with Crippen LogP contribution >= 0.6 is 22.9 Å². The number of fused-ring (bicyclic) bond motifs is 2. The molecule has 1 nitrogen and oxygen atoms in total. The molecule has 0 spiro atoms. The summed E-state index contributed by atoms with van der Waals surface area (Å²) in [6.45, 7) is 0.826. The quantitative estimate of drug-likeness (QED) is 0.563. The highest BCUT2D eigenvalue weighted by Gasteiger charge is 2.17. The Morgan fingerprint density at radius 1 is 1.10 bits per heavy atom. The van der Waals surface area contributed by atoms with Gasteiger partial charge < -0.3 is 4.74 Å². The molecule has 0 radical (unpaired) electrons. The van der Waals surface area contributed by atoms with Gasteiger partial charge in [-0.25, -0.2) is 0 Å². The number of rotatable bonds is 2. The van der Waals surface area contributed by atoms with Crippen molar-refractivity contribution in [2.75, 3.05) is 6.61 Å². The molecule has 4 rings (SSSR count). The first-order valence-electron chi connectivity index (χ1n) is 7.19. The van der Waals surface area contributed by atoms with Gasteiger partial charge in [0.25, 0.3) is 0 Å². The largest absolute Gasteiger partial charge is 0.493 e. The van der Waals surface area contributed by atoms with E-state index in [1.54, 1.807) is 11.3 Å². The lowest BCUT2D eigenvalue weighted by molar-refractivity contribution is 0.288. The summed E-state index contributed by atoms with van der Waals surface area (Å²) >= 11 is 8.49. The molecule has 2 heterocycles. The Morgan fingerprint density at radius 3 is 2.90 bits per heavy atom. The standard InChI is InChI=1S/C18H15ClOS/c19-18(17-11-13-4-1-2-6-16(13)21-17)14-7-8-15-12(10-14)5-3-9-20-15/h1-2,4,6-8,10-11,18H,3,5,9H2. The number of hydrogen-bond donors (Lipinski definition) is 0. The van der Waals surface area contributed by atoms with E-state index in [0.29, 0.717) is 0 Å². The highest BCUT2D eigenvalue weighted by atomic mass is 35.5. The number of thiophene rings is 1. The zero-order valence-electron chi connectivity index (χ0n) is 11.5. The van der Waals surface area contributed by atoms with Crippen molar-refractivity contribution in [2.24, 2.45) is 0 Å². The molecule has 0 bridgehead atoms. The second-order valence-corrected chi connectivity index (χ2v) is 6.92. The average molecular weight is 315 g/mol. The highest BCUT2D eigenvalue weighted by molar-refractivity contribution is 7.19. The lowest BCUT2D eigenvalue weighted by Gasteiger charge is -2.19. The molecule has 0 N–H and O–H groups in total. The van der Waals surface area contributed by atoms with Crippen LogP contribution in [0.2, 0.25) is 0 Å². The summed E-state index contributed by atoms with van der Waals surface area (Å²) in [4.78, 5) is 1.20. The number of hydrogen-bond acceptors (Lipinski definition) is 2. The molecule has 106 valence electrons. The predicted molar refractivity (Wildman–Crippen MR) is 89.8 cm³/mol. The third kappa shape index (κ3) is 2.43. The molecule has 3 aromatic rings. The van der Waals surface area contributed by atoms with Crippen LogP contribution in [0.3, 0.4) is 0 Å². The average Bonchev–Trinajstić information content (AvgIpc) is 2.97. The summed E-state index contributed by atoms with van der Waals surface area (Å²) in [5.74, 6) is 1.02. The van der Waals surface area contributed by atoms with Gasteiger partial charge in [-0.15, -0.1) is 22.9 Å². The van der Waals surface area contributed by atoms with E-state index in [0.717, 1.165) is 30.8 Å². The van der Waals surface area contributed by atoms with E-state index in [2.05, 4.69) is 48.5 Å². The summed E-state index contributed by atoms with van der Waals surface area (Å²) in [6.07, 6.45) is 2.17. The number of ether oxygens (including phenoxy) is 1. The number of benzene rings is 2. The number of halogens is 1. The maximum absolute atomic E-state index is 6.72. The minimum absolute atomic E-state index is 0.0883. The number of alkyl halides is 1. The minimum atomic E-state index is -0.0883. The molecule has 1 aromatic heterocycles. The summed E-state index contributed by atoms with van der Waals surface area (Å²) in [5, 5.41) is 1.18. The lowest BCUT2D eigenvalue weighted by atomic mass is 10.0. The molecule has 1 atom stereocenters. The van der Waals surface area contributed by atoms with E-state index < -0.39 is 0 Å². The van der Waals surface area contributed by atoms with Gasteiger partial charge in [-0.05, 0) is 47.6 Å². The maximum atomic E-state index is 6.72. The first kappa shape index (κ1) is 13.2. The maximum Gasteiger partial charge on any atom is 0.122 e. The van der Waals surface area contributed by atoms with Crippen molar-refractivity contribution in [2.45, 2.75) is 18.2 Å². The molecule has 0 fully saturated rings. The van der Waals surface area contributed by atoms with Crippen LogP contribution in [0.15, 0.2) is 48.5 Å². The van der Waals surface area contributed by atoms with E-state index in [-0.39, 0.29) is 5.38 Å². The van der Waals surface area contributed by atoms with Gasteiger partial charge in [0, 0.05) is 9.58 Å². The van der Waals surface area contributed by atoms with Gasteiger partial charge in [0.2, 0.25) is 0 Å². The lowest BCUT2D eigenvalue weighted by Crippen LogP contribution is -2.08. The highest BCUT2D eigenvalue weighted by Crippen LogP contribution is 2.38. The molecule has 0 saturated heterocycles. The Labute approximate surface area is 133 Å². The Hall–Kier alpha value is -1.51. The first-order chi connectivity index (χ1) is 10.3. The smallest absolute Gasteiger partial charge is 0.122 e. The second-order valence-electron chi connectivity index (χ2n) is 5.37. The van der Waals surface area contributed by atoms with Gasteiger partial charge in [-0.2, -0.15) is 0 Å². The Balaban J connectivity index is 1.71. The van der Waals surface area contributed by atoms with Gasteiger partial charge >= 0.3 is 0 Å². The van der Waals surface area contributed by atoms with Crippen LogP contribution in [0.4, 0.5) is 0 Å². The molecular weight excluding hydrogens is 300 g/mol. The zero-order valence-corrected chi connectivity index (χ0v) is 13.1.